The summed E-state index contributed by atoms with van der Waals surface area (Å²) in [6.07, 6.45) is -0.728. The van der Waals surface area contributed by atoms with E-state index in [1.807, 2.05) is 11.9 Å². The molecule has 2 heterocycles. The predicted octanol–water partition coefficient (Wildman–Crippen LogP) is -1.25. The average molecular weight is 171 g/mol. The summed E-state index contributed by atoms with van der Waals surface area (Å²) in [7, 11) is 1.85. The van der Waals surface area contributed by atoms with Crippen LogP contribution in [0.5, 0.6) is 0 Å². The van der Waals surface area contributed by atoms with Gasteiger partial charge in [-0.1, -0.05) is 0 Å². The van der Waals surface area contributed by atoms with E-state index in [4.69, 9.17) is 0 Å². The lowest BCUT2D eigenvalue weighted by Gasteiger charge is -2.29. The van der Waals surface area contributed by atoms with Gasteiger partial charge in [0, 0.05) is 24.9 Å². The van der Waals surface area contributed by atoms with E-state index in [2.05, 4.69) is 0 Å². The van der Waals surface area contributed by atoms with Gasteiger partial charge in [-0.3, -0.25) is 9.69 Å². The van der Waals surface area contributed by atoms with Crippen molar-refractivity contribution in [3.05, 3.63) is 0 Å². The first-order chi connectivity index (χ1) is 5.61. The number of likely N-dealkylation sites (N-methyl/N-ethyl adjacent to an activating group) is 1. The molecule has 0 saturated carbocycles. The Morgan fingerprint density at radius 2 is 1.67 bits per heavy atom. The highest BCUT2D eigenvalue weighted by Crippen LogP contribution is 2.32. The molecule has 2 bridgehead atoms. The second-order valence-electron chi connectivity index (χ2n) is 3.73. The minimum atomic E-state index is -0.744. The van der Waals surface area contributed by atoms with Crippen molar-refractivity contribution in [1.29, 1.82) is 0 Å². The van der Waals surface area contributed by atoms with E-state index in [-0.39, 0.29) is 17.9 Å². The zero-order valence-electron chi connectivity index (χ0n) is 6.97. The lowest BCUT2D eigenvalue weighted by molar-refractivity contribution is -0.124. The molecule has 4 nitrogen and oxygen atoms in total. The number of nitrogens with zero attached hydrogens (tertiary/aromatic N) is 1. The molecule has 0 aromatic rings. The second kappa shape index (κ2) is 2.52. The molecule has 2 saturated heterocycles. The second-order valence-corrected chi connectivity index (χ2v) is 3.73. The zero-order chi connectivity index (χ0) is 8.88. The molecule has 2 aliphatic rings. The van der Waals surface area contributed by atoms with E-state index in [9.17, 15) is 15.0 Å². The predicted molar refractivity (Wildman–Crippen MR) is 41.6 cm³/mol. The van der Waals surface area contributed by atoms with Gasteiger partial charge in [0.2, 0.25) is 0 Å². The van der Waals surface area contributed by atoms with Crippen molar-refractivity contribution in [2.24, 2.45) is 0 Å². The Kier molecular flexibility index (Phi) is 1.71. The summed E-state index contributed by atoms with van der Waals surface area (Å²) >= 11 is 0. The fourth-order valence-electron chi connectivity index (χ4n) is 2.26. The van der Waals surface area contributed by atoms with Crippen molar-refractivity contribution >= 4 is 5.78 Å². The molecular weight excluding hydrogens is 158 g/mol. The van der Waals surface area contributed by atoms with E-state index in [0.29, 0.717) is 12.8 Å². The molecule has 68 valence electrons. The molecule has 4 atom stereocenters. The topological polar surface area (TPSA) is 60.8 Å². The molecule has 0 radical (unpaired) electrons. The Hall–Kier alpha value is -0.450. The fraction of sp³-hybridized carbons (Fsp3) is 0.875. The largest absolute Gasteiger partial charge is 0.389 e. The fourth-order valence-corrected chi connectivity index (χ4v) is 2.26. The van der Waals surface area contributed by atoms with Crippen molar-refractivity contribution in [2.45, 2.75) is 37.1 Å². The number of Topliss-reactive ketones (excluding diaryl/α,β-unsaturated/α-hetero) is 1. The minimum absolute atomic E-state index is 0.152. The van der Waals surface area contributed by atoms with Gasteiger partial charge in [0.1, 0.15) is 5.78 Å². The lowest BCUT2D eigenvalue weighted by Crippen LogP contribution is -2.43. The quantitative estimate of drug-likeness (QED) is 0.478. The summed E-state index contributed by atoms with van der Waals surface area (Å²) in [6, 6.07) is -0.322. The Morgan fingerprint density at radius 3 is 2.08 bits per heavy atom. The number of fused-ring (bicyclic) bond motifs is 2. The van der Waals surface area contributed by atoms with E-state index < -0.39 is 12.2 Å². The maximum absolute atomic E-state index is 11.1. The highest BCUT2D eigenvalue weighted by atomic mass is 16.3. The van der Waals surface area contributed by atoms with E-state index in [1.165, 1.54) is 0 Å². The number of ketones is 1. The van der Waals surface area contributed by atoms with Gasteiger partial charge in [-0.25, -0.2) is 0 Å². The molecule has 12 heavy (non-hydrogen) atoms. The SMILES string of the molecule is CN1C2CC(=O)CC1[C@H](O)C2O. The van der Waals surface area contributed by atoms with Crippen LogP contribution in [0, 0.1) is 0 Å². The number of hydrogen-bond donors (Lipinski definition) is 2. The average Bonchev–Trinajstić information content (AvgIpc) is 2.21. The molecule has 0 aromatic heterocycles. The highest BCUT2D eigenvalue weighted by Gasteiger charge is 2.50. The van der Waals surface area contributed by atoms with Crippen LogP contribution in [0.1, 0.15) is 12.8 Å². The van der Waals surface area contributed by atoms with Gasteiger partial charge in [-0.15, -0.1) is 0 Å². The van der Waals surface area contributed by atoms with Crippen molar-refractivity contribution in [3.8, 4) is 0 Å². The maximum atomic E-state index is 11.1. The molecule has 2 N–H and O–H groups in total. The van der Waals surface area contributed by atoms with E-state index in [0.717, 1.165) is 0 Å². The molecule has 0 spiro atoms. The number of aliphatic hydroxyl groups excluding tert-OH is 2. The summed E-state index contributed by atoms with van der Waals surface area (Å²) in [5.41, 5.74) is 0. The van der Waals surface area contributed by atoms with Gasteiger partial charge in [-0.2, -0.15) is 0 Å². The van der Waals surface area contributed by atoms with Crippen LogP contribution in [-0.4, -0.2) is 52.2 Å². The standard InChI is InChI=1S/C8H13NO3/c1-9-5-2-4(10)3-6(9)8(12)7(5)11/h5-8,11-12H,2-3H2,1H3/t5?,6?,7-,8?/m0/s1. The number of rotatable bonds is 0. The van der Waals surface area contributed by atoms with Crippen LogP contribution < -0.4 is 0 Å². The lowest BCUT2D eigenvalue weighted by atomic mass is 10.0. The van der Waals surface area contributed by atoms with Crippen LogP contribution in [0.4, 0.5) is 0 Å². The zero-order valence-corrected chi connectivity index (χ0v) is 6.97. The first-order valence-corrected chi connectivity index (χ1v) is 4.21. The van der Waals surface area contributed by atoms with E-state index >= 15 is 0 Å². The molecule has 2 aliphatic heterocycles. The van der Waals surface area contributed by atoms with Gasteiger partial charge in [0.05, 0.1) is 12.2 Å². The van der Waals surface area contributed by atoms with Gasteiger partial charge in [-0.05, 0) is 7.05 Å². The molecule has 2 rings (SSSR count). The number of piperidine rings is 1. The summed E-state index contributed by atoms with van der Waals surface area (Å²) in [6.45, 7) is 0. The van der Waals surface area contributed by atoms with Gasteiger partial charge < -0.3 is 10.2 Å². The van der Waals surface area contributed by atoms with Gasteiger partial charge in [0.25, 0.3) is 0 Å². The Bertz CT molecular complexity index is 190. The molecule has 0 amide bonds. The summed E-state index contributed by atoms with van der Waals surface area (Å²) < 4.78 is 0. The number of carbonyl (C=O) groups is 1. The van der Waals surface area contributed by atoms with Crippen LogP contribution in [0.3, 0.4) is 0 Å². The van der Waals surface area contributed by atoms with Gasteiger partial charge >= 0.3 is 0 Å². The monoisotopic (exact) mass is 171 g/mol. The summed E-state index contributed by atoms with van der Waals surface area (Å²) in [5.74, 6) is 0.152. The number of hydrogen-bond acceptors (Lipinski definition) is 4. The van der Waals surface area contributed by atoms with Crippen LogP contribution in [0.25, 0.3) is 0 Å². The Labute approximate surface area is 70.8 Å². The third kappa shape index (κ3) is 0.920. The number of aliphatic hydroxyl groups is 2. The first kappa shape index (κ1) is 8.16. The molecule has 4 heteroatoms. The van der Waals surface area contributed by atoms with Gasteiger partial charge in [0.15, 0.2) is 0 Å². The molecular formula is C8H13NO3. The first-order valence-electron chi connectivity index (χ1n) is 4.21. The summed E-state index contributed by atoms with van der Waals surface area (Å²) in [4.78, 5) is 13.0. The third-order valence-corrected chi connectivity index (χ3v) is 3.06. The molecule has 0 aliphatic carbocycles. The molecule has 2 fully saturated rings. The van der Waals surface area contributed by atoms with Crippen molar-refractivity contribution < 1.29 is 15.0 Å². The Balaban J connectivity index is 2.26. The smallest absolute Gasteiger partial charge is 0.136 e. The molecule has 0 aromatic carbocycles. The highest BCUT2D eigenvalue weighted by molar-refractivity contribution is 5.81. The van der Waals surface area contributed by atoms with E-state index in [1.54, 1.807) is 0 Å². The van der Waals surface area contributed by atoms with Crippen LogP contribution in [-0.2, 0) is 4.79 Å². The van der Waals surface area contributed by atoms with Crippen molar-refractivity contribution in [3.63, 3.8) is 0 Å². The van der Waals surface area contributed by atoms with Crippen molar-refractivity contribution in [2.75, 3.05) is 7.05 Å². The number of carbonyl (C=O) groups excluding carboxylic acids is 1. The Morgan fingerprint density at radius 1 is 1.25 bits per heavy atom. The summed E-state index contributed by atoms with van der Waals surface area (Å²) in [5, 5.41) is 19.0. The van der Waals surface area contributed by atoms with Crippen LogP contribution in [0.15, 0.2) is 0 Å². The van der Waals surface area contributed by atoms with Crippen LogP contribution in [0.2, 0.25) is 0 Å². The molecule has 3 unspecified atom stereocenters. The maximum Gasteiger partial charge on any atom is 0.136 e. The minimum Gasteiger partial charge on any atom is -0.389 e. The van der Waals surface area contributed by atoms with Crippen LogP contribution >= 0.6 is 0 Å². The normalized spacial score (nSPS) is 48.4. The third-order valence-electron chi connectivity index (χ3n) is 3.06. The van der Waals surface area contributed by atoms with Crippen molar-refractivity contribution in [1.82, 2.24) is 4.90 Å².